The molecule has 3 heterocycles. The maximum Gasteiger partial charge on any atom is 0.151 e. The van der Waals surface area contributed by atoms with E-state index in [1.807, 2.05) is 26.0 Å². The number of nitriles is 1. The molecule has 2 atom stereocenters. The molecule has 5 heteroatoms. The summed E-state index contributed by atoms with van der Waals surface area (Å²) in [4.78, 5) is 5.01. The smallest absolute Gasteiger partial charge is 0.151 e. The molecule has 2 saturated heterocycles. The lowest BCUT2D eigenvalue weighted by Crippen LogP contribution is -2.48. The number of likely N-dealkylation sites (N-methyl/N-ethyl adjacent to an activating group) is 1. The Kier molecular flexibility index (Phi) is 4.84. The third kappa shape index (κ3) is 3.30. The van der Waals surface area contributed by atoms with Gasteiger partial charge in [-0.05, 0) is 81.1 Å². The quantitative estimate of drug-likeness (QED) is 0.837. The molecule has 4 rings (SSSR count). The summed E-state index contributed by atoms with van der Waals surface area (Å²) >= 11 is 0. The van der Waals surface area contributed by atoms with E-state index in [0.717, 1.165) is 53.8 Å². The predicted octanol–water partition coefficient (Wildman–Crippen LogP) is 3.55. The molecule has 2 aliphatic heterocycles. The predicted molar refractivity (Wildman–Crippen MR) is 108 cm³/mol. The number of hydrogen-bond donors (Lipinski definition) is 0. The molecule has 2 aliphatic rings. The van der Waals surface area contributed by atoms with Gasteiger partial charge in [0.15, 0.2) is 5.82 Å². The number of likely N-dealkylation sites (tertiary alicyclic amines) is 1. The second kappa shape index (κ2) is 7.28. The van der Waals surface area contributed by atoms with E-state index in [0.29, 0.717) is 11.6 Å². The molecule has 27 heavy (non-hydrogen) atoms. The van der Waals surface area contributed by atoms with Crippen molar-refractivity contribution in [3.8, 4) is 17.3 Å². The van der Waals surface area contributed by atoms with Gasteiger partial charge in [0, 0.05) is 24.7 Å². The van der Waals surface area contributed by atoms with Gasteiger partial charge in [-0.15, -0.1) is 10.2 Å². The fraction of sp³-hybridized carbons (Fsp3) is 0.500. The number of rotatable bonds is 3. The van der Waals surface area contributed by atoms with Crippen LogP contribution in [0.15, 0.2) is 24.3 Å². The van der Waals surface area contributed by atoms with Crippen molar-refractivity contribution in [2.75, 3.05) is 31.1 Å². The van der Waals surface area contributed by atoms with Gasteiger partial charge in [0.1, 0.15) is 0 Å². The van der Waals surface area contributed by atoms with E-state index in [1.54, 1.807) is 0 Å². The van der Waals surface area contributed by atoms with Crippen LogP contribution in [0.5, 0.6) is 0 Å². The number of aromatic nitrogens is 2. The van der Waals surface area contributed by atoms with Crippen LogP contribution in [0.3, 0.4) is 0 Å². The molecule has 0 radical (unpaired) electrons. The van der Waals surface area contributed by atoms with Gasteiger partial charge in [0.2, 0.25) is 0 Å². The van der Waals surface area contributed by atoms with Crippen molar-refractivity contribution in [2.24, 2.45) is 5.92 Å². The van der Waals surface area contributed by atoms with Crippen LogP contribution in [0.2, 0.25) is 0 Å². The van der Waals surface area contributed by atoms with Gasteiger partial charge in [-0.1, -0.05) is 6.92 Å². The van der Waals surface area contributed by atoms with Crippen LogP contribution in [0.1, 0.15) is 36.5 Å². The molecule has 2 aromatic rings. The molecular weight excluding hydrogens is 334 g/mol. The number of aryl methyl sites for hydroxylation is 2. The van der Waals surface area contributed by atoms with Crippen LogP contribution in [0.4, 0.5) is 5.82 Å². The molecule has 0 saturated carbocycles. The van der Waals surface area contributed by atoms with Crippen molar-refractivity contribution in [2.45, 2.75) is 39.7 Å². The zero-order chi connectivity index (χ0) is 19.0. The zero-order valence-electron chi connectivity index (χ0n) is 16.4. The number of nitrogens with zero attached hydrogens (tertiary/aromatic N) is 5. The van der Waals surface area contributed by atoms with Crippen molar-refractivity contribution in [3.05, 3.63) is 41.0 Å². The fourth-order valence-corrected chi connectivity index (χ4v) is 4.82. The van der Waals surface area contributed by atoms with Crippen LogP contribution < -0.4 is 4.90 Å². The van der Waals surface area contributed by atoms with Crippen LogP contribution in [-0.2, 0) is 0 Å². The lowest BCUT2D eigenvalue weighted by Gasteiger charge is -2.38. The highest BCUT2D eigenvalue weighted by Gasteiger charge is 2.38. The zero-order valence-corrected chi connectivity index (χ0v) is 16.4. The second-order valence-electron chi connectivity index (χ2n) is 7.87. The van der Waals surface area contributed by atoms with Crippen molar-refractivity contribution in [1.82, 2.24) is 15.1 Å². The number of anilines is 1. The number of hydrogen-bond acceptors (Lipinski definition) is 5. The summed E-state index contributed by atoms with van der Waals surface area (Å²) in [5.74, 6) is 1.78. The van der Waals surface area contributed by atoms with E-state index in [2.05, 4.69) is 45.1 Å². The van der Waals surface area contributed by atoms with Gasteiger partial charge in [-0.2, -0.15) is 5.26 Å². The molecule has 0 amide bonds. The Bertz CT molecular complexity index is 844. The maximum atomic E-state index is 9.15. The standard InChI is InChI=1S/C22H27N5/c1-4-26-9-7-18-8-10-27(20(18)14-26)21-6-5-19(24-25-21)22-15(2)11-17(13-23)12-16(22)3/h5-6,11-12,18,20H,4,7-10,14H2,1-3H3. The van der Waals surface area contributed by atoms with Crippen LogP contribution in [-0.4, -0.2) is 47.3 Å². The third-order valence-corrected chi connectivity index (χ3v) is 6.26. The van der Waals surface area contributed by atoms with E-state index in [1.165, 1.54) is 19.4 Å². The van der Waals surface area contributed by atoms with E-state index in [9.17, 15) is 0 Å². The topological polar surface area (TPSA) is 56.0 Å². The lowest BCUT2D eigenvalue weighted by atomic mass is 9.92. The minimum Gasteiger partial charge on any atom is -0.351 e. The first-order valence-corrected chi connectivity index (χ1v) is 9.95. The molecule has 1 aromatic heterocycles. The molecule has 0 spiro atoms. The molecule has 2 unspecified atom stereocenters. The van der Waals surface area contributed by atoms with Crippen molar-refractivity contribution >= 4 is 5.82 Å². The van der Waals surface area contributed by atoms with Crippen molar-refractivity contribution < 1.29 is 0 Å². The van der Waals surface area contributed by atoms with Crippen LogP contribution >= 0.6 is 0 Å². The Balaban J connectivity index is 1.59. The molecule has 0 N–H and O–H groups in total. The minimum absolute atomic E-state index is 0.567. The van der Waals surface area contributed by atoms with Gasteiger partial charge in [0.05, 0.1) is 17.3 Å². The fourth-order valence-electron chi connectivity index (χ4n) is 4.82. The van der Waals surface area contributed by atoms with Gasteiger partial charge in [-0.25, -0.2) is 0 Å². The highest BCUT2D eigenvalue weighted by molar-refractivity contribution is 5.69. The summed E-state index contributed by atoms with van der Waals surface area (Å²) < 4.78 is 0. The minimum atomic E-state index is 0.567. The highest BCUT2D eigenvalue weighted by Crippen LogP contribution is 2.35. The summed E-state index contributed by atoms with van der Waals surface area (Å²) in [6.45, 7) is 10.9. The Labute approximate surface area is 161 Å². The molecule has 1 aromatic carbocycles. The number of benzene rings is 1. The van der Waals surface area contributed by atoms with Gasteiger partial charge in [-0.3, -0.25) is 0 Å². The molecule has 0 bridgehead atoms. The first-order chi connectivity index (χ1) is 13.1. The summed E-state index contributed by atoms with van der Waals surface area (Å²) in [6, 6.07) is 10.8. The van der Waals surface area contributed by atoms with Crippen LogP contribution in [0, 0.1) is 31.1 Å². The first-order valence-electron chi connectivity index (χ1n) is 9.95. The third-order valence-electron chi connectivity index (χ3n) is 6.26. The van der Waals surface area contributed by atoms with Gasteiger partial charge >= 0.3 is 0 Å². The lowest BCUT2D eigenvalue weighted by molar-refractivity contribution is 0.182. The van der Waals surface area contributed by atoms with E-state index < -0.39 is 0 Å². The second-order valence-corrected chi connectivity index (χ2v) is 7.87. The average molecular weight is 361 g/mol. The number of piperidine rings is 1. The number of fused-ring (bicyclic) bond motifs is 1. The van der Waals surface area contributed by atoms with Crippen molar-refractivity contribution in [3.63, 3.8) is 0 Å². The van der Waals surface area contributed by atoms with E-state index in [-0.39, 0.29) is 0 Å². The Morgan fingerprint density at radius 2 is 1.85 bits per heavy atom. The monoisotopic (exact) mass is 361 g/mol. The summed E-state index contributed by atoms with van der Waals surface area (Å²) in [7, 11) is 0. The largest absolute Gasteiger partial charge is 0.351 e. The van der Waals surface area contributed by atoms with Gasteiger partial charge < -0.3 is 9.80 Å². The first kappa shape index (κ1) is 17.9. The van der Waals surface area contributed by atoms with E-state index >= 15 is 0 Å². The maximum absolute atomic E-state index is 9.15. The van der Waals surface area contributed by atoms with Crippen molar-refractivity contribution in [1.29, 1.82) is 5.26 Å². The molecule has 5 nitrogen and oxygen atoms in total. The Hall–Kier alpha value is -2.45. The molecule has 140 valence electrons. The normalized spacial score (nSPS) is 22.5. The van der Waals surface area contributed by atoms with E-state index in [4.69, 9.17) is 5.26 Å². The Morgan fingerprint density at radius 1 is 1.11 bits per heavy atom. The van der Waals surface area contributed by atoms with Gasteiger partial charge in [0.25, 0.3) is 0 Å². The Morgan fingerprint density at radius 3 is 2.48 bits per heavy atom. The summed E-state index contributed by atoms with van der Waals surface area (Å²) in [5, 5.41) is 18.3. The summed E-state index contributed by atoms with van der Waals surface area (Å²) in [6.07, 6.45) is 2.56. The summed E-state index contributed by atoms with van der Waals surface area (Å²) in [5.41, 5.74) is 4.80. The molecule has 0 aliphatic carbocycles. The molecule has 2 fully saturated rings. The van der Waals surface area contributed by atoms with Crippen LogP contribution in [0.25, 0.3) is 11.3 Å². The SMILES string of the molecule is CCN1CCC2CCN(c3ccc(-c4c(C)cc(C#N)cc4C)nn3)C2C1. The highest BCUT2D eigenvalue weighted by atomic mass is 15.3. The molecular formula is C22H27N5. The average Bonchev–Trinajstić information content (AvgIpc) is 3.11.